The van der Waals surface area contributed by atoms with Gasteiger partial charge in [-0.15, -0.1) is 0 Å². The number of rotatable bonds is 10. The summed E-state index contributed by atoms with van der Waals surface area (Å²) in [6.45, 7) is 2.12. The van der Waals surface area contributed by atoms with E-state index in [-0.39, 0.29) is 42.8 Å². The van der Waals surface area contributed by atoms with Crippen LogP contribution in [0.5, 0.6) is 11.5 Å². The summed E-state index contributed by atoms with van der Waals surface area (Å²) in [6, 6.07) is 27.7. The Bertz CT molecular complexity index is 2890. The smallest absolute Gasteiger partial charge is 0.341 e. The van der Waals surface area contributed by atoms with Gasteiger partial charge in [0.1, 0.15) is 36.3 Å². The van der Waals surface area contributed by atoms with Gasteiger partial charge >= 0.3 is 11.9 Å². The van der Waals surface area contributed by atoms with E-state index in [0.29, 0.717) is 82.3 Å². The molecule has 2 spiro atoms. The number of fused-ring (bicyclic) bond motifs is 4. The number of benzene rings is 4. The number of hydrogen-bond donors (Lipinski definition) is 0. The second kappa shape index (κ2) is 17.6. The molecule has 4 aliphatic heterocycles. The minimum absolute atomic E-state index is 0.0681. The van der Waals surface area contributed by atoms with Crippen molar-refractivity contribution in [3.8, 4) is 11.5 Å². The van der Waals surface area contributed by atoms with Crippen LogP contribution in [0.25, 0.3) is 0 Å². The topological polar surface area (TPSA) is 137 Å². The van der Waals surface area contributed by atoms with E-state index in [1.807, 2.05) is 70.5 Å². The zero-order chi connectivity index (χ0) is 48.4. The van der Waals surface area contributed by atoms with Gasteiger partial charge in [-0.05, 0) is 97.5 Å². The third-order valence-electron chi connectivity index (χ3n) is 14.6. The van der Waals surface area contributed by atoms with Crippen LogP contribution >= 0.6 is 27.5 Å². The highest BCUT2D eigenvalue weighted by Crippen LogP contribution is 2.54. The molecule has 2 saturated heterocycles. The van der Waals surface area contributed by atoms with Gasteiger partial charge in [0.25, 0.3) is 0 Å². The Morgan fingerprint density at radius 3 is 1.56 bits per heavy atom. The fourth-order valence-corrected chi connectivity index (χ4v) is 11.0. The summed E-state index contributed by atoms with van der Waals surface area (Å²) in [5.41, 5.74) is 3.02. The molecule has 0 bridgehead atoms. The lowest BCUT2D eigenvalue weighted by molar-refractivity contribution is -0.134. The van der Waals surface area contributed by atoms with Crippen LogP contribution in [0.4, 0.5) is 8.78 Å². The summed E-state index contributed by atoms with van der Waals surface area (Å²) in [7, 11) is 0. The van der Waals surface area contributed by atoms with Crippen LogP contribution in [0.2, 0.25) is 5.02 Å². The maximum Gasteiger partial charge on any atom is 0.341 e. The third kappa shape index (κ3) is 8.15. The van der Waals surface area contributed by atoms with Crippen LogP contribution in [-0.2, 0) is 54.3 Å². The molecule has 0 radical (unpaired) electrons. The second-order valence-electron chi connectivity index (χ2n) is 18.8. The van der Waals surface area contributed by atoms with Crippen LogP contribution in [0.3, 0.4) is 0 Å². The Hall–Kier alpha value is -6.71. The predicted molar refractivity (Wildman–Crippen MR) is 254 cm³/mol. The molecule has 2 aromatic heterocycles. The Morgan fingerprint density at radius 2 is 1.10 bits per heavy atom. The van der Waals surface area contributed by atoms with E-state index in [1.54, 1.807) is 30.6 Å². The summed E-state index contributed by atoms with van der Waals surface area (Å²) in [5.74, 6) is -0.0722. The van der Waals surface area contributed by atoms with Gasteiger partial charge in [-0.25, -0.2) is 18.4 Å². The summed E-state index contributed by atoms with van der Waals surface area (Å²) >= 11 is 9.33. The number of pyridine rings is 2. The average Bonchev–Trinajstić information content (AvgIpc) is 4.22. The number of aromatic nitrogens is 2. The van der Waals surface area contributed by atoms with Gasteiger partial charge in [0.15, 0.2) is 11.2 Å². The van der Waals surface area contributed by atoms with Crippen LogP contribution in [-0.4, -0.2) is 69.7 Å². The maximum absolute atomic E-state index is 14.0. The molecule has 16 heteroatoms. The number of esters is 2. The molecule has 2 saturated carbocycles. The minimum Gasteiger partial charge on any atom is -0.489 e. The number of hydrogen-bond acceptors (Lipinski definition) is 10. The molecule has 356 valence electrons. The SMILES string of the molecule is O=C1OC2(CCN(C(=O)C3(c4ccc(OCc5ccc(Br)cc5F)cc4)CC3)C2)c2ccncc21.O=C1OC2(CCN(C(=O)C3(c4ccc(OCc5ccc(F)cc5Cl)cc4)CC3)C2)c2ccncc21. The molecule has 70 heavy (non-hydrogen) atoms. The van der Waals surface area contributed by atoms with Gasteiger partial charge in [-0.1, -0.05) is 63.9 Å². The molecular weight excluding hydrogens is 986 g/mol. The number of carbonyl (C=O) groups is 4. The standard InChI is InChI=1S/C27H22BrFN2O4.C27H22ClFN2O4/c28-19-4-1-17(23(29)13-19)15-34-20-5-2-18(3-6-20)26(8-9-26)25(33)31-12-10-27(16-31)22-7-11-30-14-21(22)24(32)35-27;28-23-13-19(29)4-1-17(23)15-34-20-5-2-18(3-6-20)26(8-9-26)25(33)31-12-10-27(16-31)22-7-11-30-14-21(22)24(32)35-27/h2*1-7,11,13-14H,8-10,12,15-16H2. The molecule has 2 aliphatic carbocycles. The normalized spacial score (nSPS) is 21.7. The van der Waals surface area contributed by atoms with E-state index in [4.69, 9.17) is 30.5 Å². The number of carbonyl (C=O) groups excluding carboxylic acids is 4. The minimum atomic E-state index is -0.777. The first-order chi connectivity index (χ1) is 33.8. The van der Waals surface area contributed by atoms with Gasteiger partial charge in [-0.3, -0.25) is 19.6 Å². The molecule has 4 fully saturated rings. The molecule has 12 rings (SSSR count). The molecular formula is C54H44BrClF2N4O8. The van der Waals surface area contributed by atoms with Crippen molar-refractivity contribution in [2.75, 3.05) is 26.2 Å². The van der Waals surface area contributed by atoms with E-state index in [1.165, 1.54) is 30.6 Å². The fraction of sp³-hybridized carbons (Fsp3) is 0.296. The van der Waals surface area contributed by atoms with Crippen molar-refractivity contribution >= 4 is 51.3 Å². The molecule has 2 atom stereocenters. The van der Waals surface area contributed by atoms with E-state index in [2.05, 4.69) is 25.9 Å². The molecule has 0 N–H and O–H groups in total. The first kappa shape index (κ1) is 45.7. The molecule has 12 nitrogen and oxygen atoms in total. The molecule has 2 amide bonds. The van der Waals surface area contributed by atoms with Gasteiger partial charge in [0.05, 0.1) is 40.1 Å². The lowest BCUT2D eigenvalue weighted by atomic mass is 9.92. The van der Waals surface area contributed by atoms with Crippen molar-refractivity contribution < 1.29 is 46.9 Å². The number of likely N-dealkylation sites (tertiary alicyclic amines) is 2. The first-order valence-electron chi connectivity index (χ1n) is 23.1. The second-order valence-corrected chi connectivity index (χ2v) is 20.1. The Balaban J connectivity index is 0.000000152. The predicted octanol–water partition coefficient (Wildman–Crippen LogP) is 9.67. The van der Waals surface area contributed by atoms with Crippen molar-refractivity contribution in [3.05, 3.63) is 187 Å². The fourth-order valence-electron chi connectivity index (χ4n) is 10.4. The highest BCUT2D eigenvalue weighted by atomic mass is 79.9. The summed E-state index contributed by atoms with van der Waals surface area (Å²) in [4.78, 5) is 63.7. The number of ether oxygens (including phenoxy) is 4. The van der Waals surface area contributed by atoms with Crippen LogP contribution in [0.15, 0.2) is 126 Å². The number of amides is 2. The van der Waals surface area contributed by atoms with Crippen LogP contribution in [0.1, 0.15) is 92.6 Å². The maximum atomic E-state index is 14.0. The lowest BCUT2D eigenvalue weighted by Gasteiger charge is -2.27. The van der Waals surface area contributed by atoms with Crippen LogP contribution < -0.4 is 9.47 Å². The quantitative estimate of drug-likeness (QED) is 0.122. The van der Waals surface area contributed by atoms with Crippen molar-refractivity contribution in [1.29, 1.82) is 0 Å². The average molecular weight is 1030 g/mol. The highest BCUT2D eigenvalue weighted by molar-refractivity contribution is 9.10. The van der Waals surface area contributed by atoms with Crippen molar-refractivity contribution in [2.45, 2.75) is 73.8 Å². The highest BCUT2D eigenvalue weighted by Gasteiger charge is 2.59. The zero-order valence-electron chi connectivity index (χ0n) is 37.6. The number of nitrogens with zero attached hydrogens (tertiary/aromatic N) is 4. The molecule has 6 aliphatic rings. The Labute approximate surface area is 415 Å². The molecule has 6 heterocycles. The summed E-state index contributed by atoms with van der Waals surface area (Å²) in [5, 5.41) is 0.319. The van der Waals surface area contributed by atoms with E-state index in [9.17, 15) is 28.0 Å². The molecule has 2 unspecified atom stereocenters. The molecule has 4 aromatic carbocycles. The van der Waals surface area contributed by atoms with Gasteiger partial charge in [0, 0.05) is 77.4 Å². The monoisotopic (exact) mass is 1030 g/mol. The first-order valence-corrected chi connectivity index (χ1v) is 24.3. The Morgan fingerprint density at radius 1 is 0.629 bits per heavy atom. The van der Waals surface area contributed by atoms with E-state index < -0.39 is 27.8 Å². The van der Waals surface area contributed by atoms with E-state index in [0.717, 1.165) is 47.9 Å². The summed E-state index contributed by atoms with van der Waals surface area (Å²) in [6.07, 6.45) is 10.7. The van der Waals surface area contributed by atoms with Gasteiger partial charge in [-0.2, -0.15) is 0 Å². The van der Waals surface area contributed by atoms with Gasteiger partial charge < -0.3 is 28.7 Å². The van der Waals surface area contributed by atoms with Crippen molar-refractivity contribution in [1.82, 2.24) is 19.8 Å². The Kier molecular flexibility index (Phi) is 11.5. The lowest BCUT2D eigenvalue weighted by Crippen LogP contribution is -2.40. The molecule has 6 aromatic rings. The zero-order valence-corrected chi connectivity index (χ0v) is 39.9. The van der Waals surface area contributed by atoms with Crippen molar-refractivity contribution in [3.63, 3.8) is 0 Å². The van der Waals surface area contributed by atoms with E-state index >= 15 is 0 Å². The largest absolute Gasteiger partial charge is 0.489 e. The van der Waals surface area contributed by atoms with Crippen molar-refractivity contribution in [2.24, 2.45) is 0 Å². The number of halogens is 4. The summed E-state index contributed by atoms with van der Waals surface area (Å²) < 4.78 is 51.1. The van der Waals surface area contributed by atoms with Crippen LogP contribution in [0, 0.1) is 11.6 Å². The van der Waals surface area contributed by atoms with Gasteiger partial charge in [0.2, 0.25) is 11.8 Å². The third-order valence-corrected chi connectivity index (χ3v) is 15.5.